The molecule has 1 aliphatic rings. The van der Waals surface area contributed by atoms with Crippen molar-refractivity contribution in [2.24, 2.45) is 5.92 Å². The molecule has 1 saturated heterocycles. The van der Waals surface area contributed by atoms with Gasteiger partial charge in [-0.15, -0.1) is 0 Å². The van der Waals surface area contributed by atoms with Gasteiger partial charge in [-0.05, 0) is 20.3 Å². The molecule has 0 aliphatic carbocycles. The third kappa shape index (κ3) is 2.34. The van der Waals surface area contributed by atoms with Gasteiger partial charge in [-0.1, -0.05) is 19.0 Å². The largest absolute Gasteiger partial charge is 0.361 e. The van der Waals surface area contributed by atoms with Gasteiger partial charge in [0.1, 0.15) is 11.3 Å². The molecule has 1 fully saturated rings. The quantitative estimate of drug-likeness (QED) is 0.813. The molecule has 0 saturated carbocycles. The molecule has 6 nitrogen and oxygen atoms in total. The molecule has 1 aliphatic heterocycles. The first-order valence-corrected chi connectivity index (χ1v) is 6.49. The van der Waals surface area contributed by atoms with Crippen LogP contribution in [-0.4, -0.2) is 40.1 Å². The Bertz CT molecular complexity index is 488. The number of hydrogen-bond donors (Lipinski definition) is 0. The maximum atomic E-state index is 12.5. The molecular weight excluding hydrogens is 246 g/mol. The lowest BCUT2D eigenvalue weighted by molar-refractivity contribution is -0.143. The highest BCUT2D eigenvalue weighted by Crippen LogP contribution is 2.21. The molecule has 2 rings (SSSR count). The minimum absolute atomic E-state index is 0.0300. The third-order valence-electron chi connectivity index (χ3n) is 3.26. The van der Waals surface area contributed by atoms with Crippen molar-refractivity contribution in [1.82, 2.24) is 15.2 Å². The van der Waals surface area contributed by atoms with Crippen molar-refractivity contribution in [3.63, 3.8) is 0 Å². The second-order valence-electron chi connectivity index (χ2n) is 5.10. The summed E-state index contributed by atoms with van der Waals surface area (Å²) >= 11 is 0. The van der Waals surface area contributed by atoms with Crippen molar-refractivity contribution in [2.75, 3.05) is 13.1 Å². The highest BCUT2D eigenvalue weighted by Gasteiger charge is 2.34. The Morgan fingerprint density at radius 2 is 1.84 bits per heavy atom. The van der Waals surface area contributed by atoms with Crippen LogP contribution < -0.4 is 0 Å². The van der Waals surface area contributed by atoms with Crippen LogP contribution in [0.1, 0.15) is 42.1 Å². The second kappa shape index (κ2) is 5.03. The minimum Gasteiger partial charge on any atom is -0.361 e. The van der Waals surface area contributed by atoms with Crippen molar-refractivity contribution >= 4 is 11.8 Å². The highest BCUT2D eigenvalue weighted by atomic mass is 16.5. The lowest BCUT2D eigenvalue weighted by Gasteiger charge is -2.29. The Morgan fingerprint density at radius 1 is 1.21 bits per heavy atom. The van der Waals surface area contributed by atoms with Crippen molar-refractivity contribution < 1.29 is 14.1 Å². The van der Waals surface area contributed by atoms with E-state index in [2.05, 4.69) is 5.16 Å². The maximum Gasteiger partial charge on any atom is 0.277 e. The van der Waals surface area contributed by atoms with E-state index in [-0.39, 0.29) is 17.7 Å². The van der Waals surface area contributed by atoms with Gasteiger partial charge in [0, 0.05) is 19.0 Å². The van der Waals surface area contributed by atoms with Crippen LogP contribution in [-0.2, 0) is 4.79 Å². The van der Waals surface area contributed by atoms with Crippen LogP contribution in [0.4, 0.5) is 0 Å². The fraction of sp³-hybridized carbons (Fsp3) is 0.615. The summed E-state index contributed by atoms with van der Waals surface area (Å²) in [7, 11) is 0. The summed E-state index contributed by atoms with van der Waals surface area (Å²) in [5.41, 5.74) is 1.02. The van der Waals surface area contributed by atoms with Gasteiger partial charge in [-0.3, -0.25) is 14.6 Å². The standard InChI is InChI=1S/C13H19N3O3/c1-8(2)12(17)15-6-5-7-16(15)13(18)11-9(3)14-19-10(11)4/h8H,5-7H2,1-4H3. The molecule has 0 atom stereocenters. The van der Waals surface area contributed by atoms with Gasteiger partial charge in [0.25, 0.3) is 5.91 Å². The number of hydrogen-bond acceptors (Lipinski definition) is 4. The maximum absolute atomic E-state index is 12.5. The van der Waals surface area contributed by atoms with Crippen LogP contribution in [0.5, 0.6) is 0 Å². The van der Waals surface area contributed by atoms with E-state index in [9.17, 15) is 9.59 Å². The molecule has 0 N–H and O–H groups in total. The van der Waals surface area contributed by atoms with Crippen molar-refractivity contribution in [2.45, 2.75) is 34.1 Å². The number of amides is 2. The third-order valence-corrected chi connectivity index (χ3v) is 3.26. The topological polar surface area (TPSA) is 66.7 Å². The lowest BCUT2D eigenvalue weighted by Crippen LogP contribution is -2.46. The summed E-state index contributed by atoms with van der Waals surface area (Å²) in [6.07, 6.45) is 0.799. The van der Waals surface area contributed by atoms with Crippen LogP contribution >= 0.6 is 0 Å². The summed E-state index contributed by atoms with van der Waals surface area (Å²) in [4.78, 5) is 24.6. The first-order chi connectivity index (χ1) is 8.93. The van der Waals surface area contributed by atoms with Gasteiger partial charge in [0.05, 0.1) is 5.69 Å². The average Bonchev–Trinajstić information content (AvgIpc) is 2.95. The number of carbonyl (C=O) groups excluding carboxylic acids is 2. The van der Waals surface area contributed by atoms with Gasteiger partial charge in [0.15, 0.2) is 0 Å². The van der Waals surface area contributed by atoms with Crippen LogP contribution in [0.2, 0.25) is 0 Å². The molecular formula is C13H19N3O3. The molecule has 6 heteroatoms. The zero-order chi connectivity index (χ0) is 14.2. The highest BCUT2D eigenvalue weighted by molar-refractivity contribution is 5.97. The fourth-order valence-corrected chi connectivity index (χ4v) is 2.27. The smallest absolute Gasteiger partial charge is 0.277 e. The number of hydrazine groups is 1. The summed E-state index contributed by atoms with van der Waals surface area (Å²) in [6, 6.07) is 0. The molecule has 0 bridgehead atoms. The SMILES string of the molecule is Cc1noc(C)c1C(=O)N1CCCN1C(=O)C(C)C. The van der Waals surface area contributed by atoms with E-state index in [0.29, 0.717) is 30.1 Å². The molecule has 1 aromatic heterocycles. The van der Waals surface area contributed by atoms with Crippen molar-refractivity contribution in [3.8, 4) is 0 Å². The van der Waals surface area contributed by atoms with Gasteiger partial charge < -0.3 is 4.52 Å². The number of nitrogens with zero attached hydrogens (tertiary/aromatic N) is 3. The predicted molar refractivity (Wildman–Crippen MR) is 68.2 cm³/mol. The first kappa shape index (κ1) is 13.6. The van der Waals surface area contributed by atoms with E-state index in [1.54, 1.807) is 18.9 Å². The van der Waals surface area contributed by atoms with Crippen molar-refractivity contribution in [1.29, 1.82) is 0 Å². The Kier molecular flexibility index (Phi) is 3.59. The second-order valence-corrected chi connectivity index (χ2v) is 5.10. The van der Waals surface area contributed by atoms with E-state index in [4.69, 9.17) is 4.52 Å². The molecule has 0 unspecified atom stereocenters. The predicted octanol–water partition coefficient (Wildman–Crippen LogP) is 1.54. The van der Waals surface area contributed by atoms with Crippen LogP contribution in [0.15, 0.2) is 4.52 Å². The van der Waals surface area contributed by atoms with Gasteiger partial charge in [-0.2, -0.15) is 0 Å². The first-order valence-electron chi connectivity index (χ1n) is 6.49. The molecule has 19 heavy (non-hydrogen) atoms. The normalized spacial score (nSPS) is 15.4. The summed E-state index contributed by atoms with van der Waals surface area (Å²) in [6.45, 7) is 8.25. The van der Waals surface area contributed by atoms with E-state index >= 15 is 0 Å². The Hall–Kier alpha value is -1.85. The molecule has 104 valence electrons. The summed E-state index contributed by atoms with van der Waals surface area (Å²) < 4.78 is 5.02. The van der Waals surface area contributed by atoms with E-state index in [0.717, 1.165) is 6.42 Å². The van der Waals surface area contributed by atoms with E-state index < -0.39 is 0 Å². The Labute approximate surface area is 112 Å². The van der Waals surface area contributed by atoms with Crippen LogP contribution in [0.3, 0.4) is 0 Å². The molecule has 0 spiro atoms. The van der Waals surface area contributed by atoms with E-state index in [1.165, 1.54) is 5.01 Å². The molecule has 2 amide bonds. The number of carbonyl (C=O) groups is 2. The minimum atomic E-state index is -0.206. The average molecular weight is 265 g/mol. The Morgan fingerprint density at radius 3 is 2.37 bits per heavy atom. The monoisotopic (exact) mass is 265 g/mol. The van der Waals surface area contributed by atoms with Gasteiger partial charge >= 0.3 is 0 Å². The molecule has 0 aromatic carbocycles. The van der Waals surface area contributed by atoms with Crippen LogP contribution in [0.25, 0.3) is 0 Å². The zero-order valence-electron chi connectivity index (χ0n) is 11.8. The van der Waals surface area contributed by atoms with Crippen LogP contribution in [0, 0.1) is 19.8 Å². The van der Waals surface area contributed by atoms with Crippen molar-refractivity contribution in [3.05, 3.63) is 17.0 Å². The molecule has 1 aromatic rings. The van der Waals surface area contributed by atoms with E-state index in [1.807, 2.05) is 13.8 Å². The summed E-state index contributed by atoms with van der Waals surface area (Å²) in [5, 5.41) is 6.84. The molecule has 0 radical (unpaired) electrons. The van der Waals surface area contributed by atoms with Gasteiger partial charge in [-0.25, -0.2) is 5.01 Å². The lowest BCUT2D eigenvalue weighted by atomic mass is 10.2. The number of aromatic nitrogens is 1. The van der Waals surface area contributed by atoms with Gasteiger partial charge in [0.2, 0.25) is 5.91 Å². The zero-order valence-corrected chi connectivity index (χ0v) is 11.8. The fourth-order valence-electron chi connectivity index (χ4n) is 2.27. The number of aryl methyl sites for hydroxylation is 2. The Balaban J connectivity index is 2.26. The molecule has 2 heterocycles. The number of rotatable bonds is 2. The summed E-state index contributed by atoms with van der Waals surface area (Å²) in [5.74, 6) is 0.129.